The number of benzene rings is 2. The highest BCUT2D eigenvalue weighted by Crippen LogP contribution is 2.23. The number of hydrogen-bond donors (Lipinski definition) is 0. The van der Waals surface area contributed by atoms with Crippen molar-refractivity contribution in [3.05, 3.63) is 93.6 Å². The van der Waals surface area contributed by atoms with Crippen LogP contribution in [-0.2, 0) is 6.61 Å². The van der Waals surface area contributed by atoms with Crippen LogP contribution >= 0.6 is 23.2 Å². The second-order valence-corrected chi connectivity index (χ2v) is 6.19. The van der Waals surface area contributed by atoms with Crippen LogP contribution in [0.25, 0.3) is 6.08 Å². The van der Waals surface area contributed by atoms with Gasteiger partial charge in [-0.1, -0.05) is 23.2 Å². The predicted octanol–water partition coefficient (Wildman–Crippen LogP) is 6.20. The summed E-state index contributed by atoms with van der Waals surface area (Å²) in [7, 11) is 0. The molecule has 0 saturated carbocycles. The molecule has 3 aromatic rings. The van der Waals surface area contributed by atoms with Crippen molar-refractivity contribution in [1.82, 2.24) is 0 Å². The molecule has 0 N–H and O–H groups in total. The van der Waals surface area contributed by atoms with Crippen molar-refractivity contribution >= 4 is 35.1 Å². The fourth-order valence-electron chi connectivity index (χ4n) is 2.15. The largest absolute Gasteiger partial charge is 0.486 e. The monoisotopic (exact) mass is 390 g/mol. The van der Waals surface area contributed by atoms with Crippen molar-refractivity contribution in [2.75, 3.05) is 0 Å². The van der Waals surface area contributed by atoms with E-state index in [-0.39, 0.29) is 18.2 Å². The van der Waals surface area contributed by atoms with E-state index in [2.05, 4.69) is 0 Å². The van der Waals surface area contributed by atoms with Gasteiger partial charge >= 0.3 is 0 Å². The summed E-state index contributed by atoms with van der Waals surface area (Å²) in [5.74, 6) is 1.08. The zero-order chi connectivity index (χ0) is 18.5. The molecule has 1 aromatic heterocycles. The number of ketones is 1. The van der Waals surface area contributed by atoms with E-state index >= 15 is 0 Å². The number of carbonyl (C=O) groups is 1. The van der Waals surface area contributed by atoms with Crippen molar-refractivity contribution in [2.24, 2.45) is 0 Å². The maximum Gasteiger partial charge on any atom is 0.186 e. The lowest BCUT2D eigenvalue weighted by molar-refractivity contribution is 0.104. The van der Waals surface area contributed by atoms with Gasteiger partial charge in [-0.05, 0) is 66.7 Å². The summed E-state index contributed by atoms with van der Waals surface area (Å²) in [5.41, 5.74) is 0.432. The molecule has 26 heavy (non-hydrogen) atoms. The normalized spacial score (nSPS) is 11.0. The Bertz CT molecular complexity index is 946. The third-order valence-corrected chi connectivity index (χ3v) is 4.22. The quantitative estimate of drug-likeness (QED) is 0.371. The van der Waals surface area contributed by atoms with E-state index < -0.39 is 0 Å². The number of carbonyl (C=O) groups excluding carboxylic acids is 1. The van der Waals surface area contributed by atoms with E-state index in [0.29, 0.717) is 32.9 Å². The van der Waals surface area contributed by atoms with Crippen molar-refractivity contribution in [1.29, 1.82) is 0 Å². The average molecular weight is 391 g/mol. The van der Waals surface area contributed by atoms with Gasteiger partial charge in [0.1, 0.15) is 29.7 Å². The summed E-state index contributed by atoms with van der Waals surface area (Å²) >= 11 is 11.7. The molecule has 0 aliphatic carbocycles. The lowest BCUT2D eigenvalue weighted by Crippen LogP contribution is -1.94. The number of allylic oxidation sites excluding steroid dienone is 1. The molecule has 0 aliphatic heterocycles. The van der Waals surface area contributed by atoms with Crippen LogP contribution in [0.1, 0.15) is 21.9 Å². The first-order chi connectivity index (χ1) is 12.5. The summed E-state index contributed by atoms with van der Waals surface area (Å²) < 4.78 is 23.9. The zero-order valence-corrected chi connectivity index (χ0v) is 14.9. The third kappa shape index (κ3) is 4.75. The maximum absolute atomic E-state index is 12.8. The molecule has 0 saturated heterocycles. The predicted molar refractivity (Wildman–Crippen MR) is 99.3 cm³/mol. The fraction of sp³-hybridized carbons (Fsp3) is 0.0500. The average Bonchev–Trinajstić information content (AvgIpc) is 3.09. The molecule has 3 nitrogen and oxygen atoms in total. The van der Waals surface area contributed by atoms with Crippen LogP contribution in [0.5, 0.6) is 5.75 Å². The third-order valence-electron chi connectivity index (χ3n) is 3.48. The van der Waals surface area contributed by atoms with Gasteiger partial charge in [0.25, 0.3) is 0 Å². The molecular formula is C20H13Cl2FO3. The lowest BCUT2D eigenvalue weighted by atomic mass is 10.1. The fourth-order valence-corrected chi connectivity index (χ4v) is 2.45. The number of hydrogen-bond acceptors (Lipinski definition) is 3. The Balaban J connectivity index is 1.60. The molecule has 0 aliphatic rings. The topological polar surface area (TPSA) is 39.4 Å². The SMILES string of the molecule is O=C(/C=C/c1ccc(COc2ccc(F)cc2)o1)c1ccc(Cl)c(Cl)c1. The molecule has 3 rings (SSSR count). The van der Waals surface area contributed by atoms with E-state index in [1.54, 1.807) is 30.3 Å². The Hall–Kier alpha value is -2.56. The summed E-state index contributed by atoms with van der Waals surface area (Å²) in [4.78, 5) is 12.1. The highest BCUT2D eigenvalue weighted by atomic mass is 35.5. The minimum Gasteiger partial charge on any atom is -0.486 e. The molecule has 0 spiro atoms. The molecule has 0 fully saturated rings. The van der Waals surface area contributed by atoms with E-state index in [9.17, 15) is 9.18 Å². The van der Waals surface area contributed by atoms with Gasteiger partial charge in [0.05, 0.1) is 10.0 Å². The van der Waals surface area contributed by atoms with E-state index in [1.807, 2.05) is 0 Å². The molecule has 0 amide bonds. The number of ether oxygens (including phenoxy) is 1. The van der Waals surface area contributed by atoms with E-state index in [4.69, 9.17) is 32.4 Å². The van der Waals surface area contributed by atoms with E-state index in [1.165, 1.54) is 36.4 Å². The molecule has 1 heterocycles. The molecule has 132 valence electrons. The minimum atomic E-state index is -0.325. The molecule has 0 radical (unpaired) electrons. The van der Waals surface area contributed by atoms with Gasteiger partial charge in [0, 0.05) is 5.56 Å². The van der Waals surface area contributed by atoms with Gasteiger partial charge in [0.2, 0.25) is 0 Å². The highest BCUT2D eigenvalue weighted by Gasteiger charge is 2.06. The van der Waals surface area contributed by atoms with Crippen LogP contribution in [0.15, 0.2) is 65.1 Å². The summed E-state index contributed by atoms with van der Waals surface area (Å²) in [5, 5.41) is 0.716. The lowest BCUT2D eigenvalue weighted by Gasteiger charge is -2.03. The van der Waals surface area contributed by atoms with Crippen LogP contribution in [0.3, 0.4) is 0 Å². The summed E-state index contributed by atoms with van der Waals surface area (Å²) in [6, 6.07) is 13.9. The van der Waals surface area contributed by atoms with Gasteiger partial charge in [-0.15, -0.1) is 0 Å². The van der Waals surface area contributed by atoms with Crippen LogP contribution in [0, 0.1) is 5.82 Å². The van der Waals surface area contributed by atoms with E-state index in [0.717, 1.165) is 0 Å². The minimum absolute atomic E-state index is 0.195. The molecule has 0 unspecified atom stereocenters. The van der Waals surface area contributed by atoms with Gasteiger partial charge in [-0.3, -0.25) is 4.79 Å². The second kappa shape index (κ2) is 8.21. The second-order valence-electron chi connectivity index (χ2n) is 5.37. The molecule has 6 heteroatoms. The summed E-state index contributed by atoms with van der Waals surface area (Å²) in [6.07, 6.45) is 2.95. The smallest absolute Gasteiger partial charge is 0.186 e. The van der Waals surface area contributed by atoms with Crippen LogP contribution in [0.4, 0.5) is 4.39 Å². The number of rotatable bonds is 6. The first kappa shape index (κ1) is 18.2. The van der Waals surface area contributed by atoms with Crippen molar-refractivity contribution in [3.8, 4) is 5.75 Å². The standard InChI is InChI=1S/C20H13Cl2FO3/c21-18-9-1-13(11-19(18)22)20(24)10-8-16-6-7-17(26-16)12-25-15-4-2-14(23)3-5-15/h1-11H,12H2/b10-8+. The molecule has 0 bridgehead atoms. The Kier molecular flexibility index (Phi) is 5.76. The van der Waals surface area contributed by atoms with Crippen LogP contribution < -0.4 is 4.74 Å². The highest BCUT2D eigenvalue weighted by molar-refractivity contribution is 6.42. The van der Waals surface area contributed by atoms with Crippen LogP contribution in [0.2, 0.25) is 10.0 Å². The Morgan fingerprint density at radius 3 is 2.54 bits per heavy atom. The van der Waals surface area contributed by atoms with Gasteiger partial charge < -0.3 is 9.15 Å². The maximum atomic E-state index is 12.8. The Labute approximate surface area is 159 Å². The first-order valence-electron chi connectivity index (χ1n) is 7.66. The molecule has 2 aromatic carbocycles. The Morgan fingerprint density at radius 2 is 1.81 bits per heavy atom. The van der Waals surface area contributed by atoms with Gasteiger partial charge in [0.15, 0.2) is 5.78 Å². The number of halogens is 3. The first-order valence-corrected chi connectivity index (χ1v) is 8.41. The van der Waals surface area contributed by atoms with Crippen molar-refractivity contribution in [2.45, 2.75) is 6.61 Å². The summed E-state index contributed by atoms with van der Waals surface area (Å²) in [6.45, 7) is 0.195. The molecular weight excluding hydrogens is 378 g/mol. The van der Waals surface area contributed by atoms with Crippen molar-refractivity contribution < 1.29 is 18.3 Å². The van der Waals surface area contributed by atoms with Crippen LogP contribution in [-0.4, -0.2) is 5.78 Å². The van der Waals surface area contributed by atoms with Gasteiger partial charge in [-0.2, -0.15) is 0 Å². The van der Waals surface area contributed by atoms with Gasteiger partial charge in [-0.25, -0.2) is 4.39 Å². The van der Waals surface area contributed by atoms with Crippen molar-refractivity contribution in [3.63, 3.8) is 0 Å². The number of furan rings is 1. The molecule has 0 atom stereocenters. The zero-order valence-electron chi connectivity index (χ0n) is 13.4. The Morgan fingerprint density at radius 1 is 1.04 bits per heavy atom.